The third-order valence-corrected chi connectivity index (χ3v) is 5.99. The van der Waals surface area contributed by atoms with Gasteiger partial charge in [0.1, 0.15) is 17.2 Å². The Balaban J connectivity index is 1.54. The Morgan fingerprint density at radius 3 is 2.48 bits per heavy atom. The second-order valence-electron chi connectivity index (χ2n) is 8.08. The number of halogens is 2. The van der Waals surface area contributed by atoms with Crippen LogP contribution >= 0.6 is 11.6 Å². The first-order chi connectivity index (χ1) is 16.1. The minimum Gasteiger partial charge on any atom is -0.351 e. The topological polar surface area (TPSA) is 74.2 Å². The van der Waals surface area contributed by atoms with Crippen LogP contribution in [0.3, 0.4) is 0 Å². The summed E-state index contributed by atoms with van der Waals surface area (Å²) in [7, 11) is 0. The molecule has 0 aliphatic carbocycles. The SMILES string of the molecule is CCCCCNC(=O)N1CCN(c2nc(CCl)nc3ccc(-c4ccc(F)cc4)nc23)CC1. The molecular formula is C24H28ClFN6O. The summed E-state index contributed by atoms with van der Waals surface area (Å²) in [5.41, 5.74) is 2.91. The lowest BCUT2D eigenvalue weighted by molar-refractivity contribution is 0.194. The number of fused-ring (bicyclic) bond motifs is 1. The van der Waals surface area contributed by atoms with Crippen molar-refractivity contribution in [2.24, 2.45) is 0 Å². The maximum atomic E-state index is 13.3. The van der Waals surface area contributed by atoms with Crippen LogP contribution in [0, 0.1) is 5.82 Å². The Hall–Kier alpha value is -3.00. The minimum atomic E-state index is -0.289. The molecule has 9 heteroatoms. The number of unbranched alkanes of at least 4 members (excludes halogenated alkanes) is 2. The largest absolute Gasteiger partial charge is 0.351 e. The summed E-state index contributed by atoms with van der Waals surface area (Å²) in [6.07, 6.45) is 3.24. The number of pyridine rings is 1. The van der Waals surface area contributed by atoms with Gasteiger partial charge in [0.05, 0.1) is 17.1 Å². The van der Waals surface area contributed by atoms with Crippen molar-refractivity contribution in [3.8, 4) is 11.3 Å². The van der Waals surface area contributed by atoms with E-state index in [4.69, 9.17) is 16.6 Å². The van der Waals surface area contributed by atoms with Crippen LogP contribution in [0.2, 0.25) is 0 Å². The van der Waals surface area contributed by atoms with Gasteiger partial charge in [-0.1, -0.05) is 19.8 Å². The Kier molecular flexibility index (Phi) is 7.54. The molecule has 1 N–H and O–H groups in total. The van der Waals surface area contributed by atoms with E-state index in [1.807, 2.05) is 17.0 Å². The number of rotatable bonds is 7. The molecule has 0 saturated carbocycles. The van der Waals surface area contributed by atoms with Gasteiger partial charge in [-0.15, -0.1) is 11.6 Å². The normalized spacial score (nSPS) is 14.0. The minimum absolute atomic E-state index is 0.0172. The van der Waals surface area contributed by atoms with Crippen LogP contribution in [0.5, 0.6) is 0 Å². The zero-order valence-corrected chi connectivity index (χ0v) is 19.5. The summed E-state index contributed by atoms with van der Waals surface area (Å²) in [5.74, 6) is 1.15. The molecule has 3 heterocycles. The van der Waals surface area contributed by atoms with E-state index in [1.54, 1.807) is 12.1 Å². The number of alkyl halides is 1. The van der Waals surface area contributed by atoms with E-state index in [0.29, 0.717) is 55.4 Å². The number of nitrogens with zero attached hydrogens (tertiary/aromatic N) is 5. The lowest BCUT2D eigenvalue weighted by Gasteiger charge is -2.35. The number of hydrogen-bond donors (Lipinski definition) is 1. The van der Waals surface area contributed by atoms with Crippen LogP contribution in [0.4, 0.5) is 15.0 Å². The van der Waals surface area contributed by atoms with Crippen molar-refractivity contribution < 1.29 is 9.18 Å². The van der Waals surface area contributed by atoms with Crippen LogP contribution in [0.25, 0.3) is 22.3 Å². The van der Waals surface area contributed by atoms with E-state index in [0.717, 1.165) is 30.5 Å². The number of nitrogens with one attached hydrogen (secondary N) is 1. The van der Waals surface area contributed by atoms with Gasteiger partial charge in [0.15, 0.2) is 5.82 Å². The summed E-state index contributed by atoms with van der Waals surface area (Å²) < 4.78 is 13.3. The number of aromatic nitrogens is 3. The first kappa shape index (κ1) is 23.2. The van der Waals surface area contributed by atoms with Gasteiger partial charge >= 0.3 is 6.03 Å². The van der Waals surface area contributed by atoms with Gasteiger partial charge in [-0.2, -0.15) is 0 Å². The lowest BCUT2D eigenvalue weighted by atomic mass is 10.1. The number of urea groups is 1. The van der Waals surface area contributed by atoms with Gasteiger partial charge in [-0.25, -0.2) is 24.1 Å². The van der Waals surface area contributed by atoms with Gasteiger partial charge in [0, 0.05) is 38.3 Å². The molecule has 0 spiro atoms. The van der Waals surface area contributed by atoms with Crippen molar-refractivity contribution in [3.63, 3.8) is 0 Å². The van der Waals surface area contributed by atoms with Gasteiger partial charge < -0.3 is 15.1 Å². The number of carbonyl (C=O) groups excluding carboxylic acids is 1. The monoisotopic (exact) mass is 470 g/mol. The van der Waals surface area contributed by atoms with Gasteiger partial charge in [0.2, 0.25) is 0 Å². The van der Waals surface area contributed by atoms with E-state index in [2.05, 4.69) is 27.1 Å². The second kappa shape index (κ2) is 10.7. The summed E-state index contributed by atoms with van der Waals surface area (Å²) in [5, 5.41) is 3.01. The summed E-state index contributed by atoms with van der Waals surface area (Å²) in [6, 6.07) is 9.98. The van der Waals surface area contributed by atoms with Crippen LogP contribution in [0.1, 0.15) is 32.0 Å². The Morgan fingerprint density at radius 2 is 1.79 bits per heavy atom. The summed E-state index contributed by atoms with van der Waals surface area (Å²) >= 11 is 6.06. The molecule has 2 amide bonds. The zero-order chi connectivity index (χ0) is 23.2. The van der Waals surface area contributed by atoms with E-state index < -0.39 is 0 Å². The molecule has 7 nitrogen and oxygen atoms in total. The average Bonchev–Trinajstić information content (AvgIpc) is 2.86. The van der Waals surface area contributed by atoms with Crippen molar-refractivity contribution in [1.82, 2.24) is 25.2 Å². The highest BCUT2D eigenvalue weighted by Gasteiger charge is 2.24. The zero-order valence-electron chi connectivity index (χ0n) is 18.7. The molecule has 2 aromatic heterocycles. The third kappa shape index (κ3) is 5.50. The number of carbonyl (C=O) groups is 1. The van der Waals surface area contributed by atoms with Crippen molar-refractivity contribution in [3.05, 3.63) is 48.0 Å². The van der Waals surface area contributed by atoms with E-state index >= 15 is 0 Å². The fourth-order valence-corrected chi connectivity index (χ4v) is 4.03. The van der Waals surface area contributed by atoms with Crippen molar-refractivity contribution in [1.29, 1.82) is 0 Å². The molecule has 33 heavy (non-hydrogen) atoms. The maximum absolute atomic E-state index is 13.3. The predicted molar refractivity (Wildman–Crippen MR) is 129 cm³/mol. The van der Waals surface area contributed by atoms with Gasteiger partial charge in [-0.3, -0.25) is 0 Å². The van der Waals surface area contributed by atoms with E-state index in [9.17, 15) is 9.18 Å². The Bertz CT molecular complexity index is 1100. The van der Waals surface area contributed by atoms with Crippen LogP contribution in [-0.4, -0.2) is 58.6 Å². The van der Waals surface area contributed by atoms with Crippen LogP contribution in [-0.2, 0) is 5.88 Å². The Labute approximate surface area is 198 Å². The molecule has 0 unspecified atom stereocenters. The predicted octanol–water partition coefficient (Wildman–Crippen LogP) is 4.59. The third-order valence-electron chi connectivity index (χ3n) is 5.75. The van der Waals surface area contributed by atoms with Gasteiger partial charge in [0.25, 0.3) is 0 Å². The molecule has 1 aliphatic heterocycles. The molecule has 4 rings (SSSR count). The van der Waals surface area contributed by atoms with Crippen LogP contribution in [0.15, 0.2) is 36.4 Å². The molecular weight excluding hydrogens is 443 g/mol. The van der Waals surface area contributed by atoms with Gasteiger partial charge in [-0.05, 0) is 42.8 Å². The maximum Gasteiger partial charge on any atom is 0.317 e. The molecule has 1 aromatic carbocycles. The molecule has 0 atom stereocenters. The molecule has 0 radical (unpaired) electrons. The summed E-state index contributed by atoms with van der Waals surface area (Å²) in [6.45, 7) is 5.32. The highest BCUT2D eigenvalue weighted by molar-refractivity contribution is 6.16. The average molecular weight is 471 g/mol. The standard InChI is InChI=1S/C24H28ClFN6O/c1-2-3-4-11-27-24(33)32-14-12-31(13-15-32)23-22-20(28-21(16-25)30-23)10-9-19(29-22)17-5-7-18(26)8-6-17/h5-10H,2-4,11-16H2,1H3,(H,27,33). The van der Waals surface area contributed by atoms with Crippen molar-refractivity contribution in [2.75, 3.05) is 37.6 Å². The first-order valence-electron chi connectivity index (χ1n) is 11.4. The quantitative estimate of drug-likeness (QED) is 0.403. The fourth-order valence-electron chi connectivity index (χ4n) is 3.91. The molecule has 174 valence electrons. The van der Waals surface area contributed by atoms with Crippen LogP contribution < -0.4 is 10.2 Å². The number of anilines is 1. The first-order valence-corrected chi connectivity index (χ1v) is 11.9. The summed E-state index contributed by atoms with van der Waals surface area (Å²) in [4.78, 5) is 30.4. The molecule has 1 aliphatic rings. The molecule has 0 bridgehead atoms. The fraction of sp³-hybridized carbons (Fsp3) is 0.417. The van der Waals surface area contributed by atoms with E-state index in [-0.39, 0.29) is 17.7 Å². The lowest BCUT2D eigenvalue weighted by Crippen LogP contribution is -2.52. The number of hydrogen-bond acceptors (Lipinski definition) is 5. The van der Waals surface area contributed by atoms with Crippen molar-refractivity contribution in [2.45, 2.75) is 32.1 Å². The van der Waals surface area contributed by atoms with E-state index in [1.165, 1.54) is 12.1 Å². The van der Waals surface area contributed by atoms with Crippen molar-refractivity contribution >= 4 is 34.5 Å². The second-order valence-corrected chi connectivity index (χ2v) is 8.35. The smallest absolute Gasteiger partial charge is 0.317 e. The molecule has 3 aromatic rings. The molecule has 1 saturated heterocycles. The number of benzene rings is 1. The number of amides is 2. The molecule has 1 fully saturated rings. The highest BCUT2D eigenvalue weighted by atomic mass is 35.5. The highest BCUT2D eigenvalue weighted by Crippen LogP contribution is 2.27. The number of piperazine rings is 1. The Morgan fingerprint density at radius 1 is 1.03 bits per heavy atom.